The Kier molecular flexibility index (Phi) is 4.86. The van der Waals surface area contributed by atoms with Gasteiger partial charge in [-0.1, -0.05) is 6.92 Å². The van der Waals surface area contributed by atoms with E-state index in [1.807, 2.05) is 6.92 Å². The normalized spacial score (nSPS) is 20.8. The van der Waals surface area contributed by atoms with Crippen molar-refractivity contribution >= 4 is 0 Å². The molecule has 1 rings (SSSR count). The summed E-state index contributed by atoms with van der Waals surface area (Å²) < 4.78 is 35.5. The third-order valence-corrected chi connectivity index (χ3v) is 2.59. The van der Waals surface area contributed by atoms with Gasteiger partial charge in [0.1, 0.15) is 0 Å². The van der Waals surface area contributed by atoms with Crippen LogP contribution in [0.3, 0.4) is 0 Å². The predicted molar refractivity (Wildman–Crippen MR) is 53.8 cm³/mol. The first-order chi connectivity index (χ1) is 6.97. The third-order valence-electron chi connectivity index (χ3n) is 2.59. The maximum Gasteiger partial charge on any atom is 0.401 e. The van der Waals surface area contributed by atoms with Crippen LogP contribution >= 0.6 is 0 Å². The Morgan fingerprint density at radius 2 is 1.87 bits per heavy atom. The molecular formula is C10H19F3N2. The van der Waals surface area contributed by atoms with Gasteiger partial charge in [-0.2, -0.15) is 13.2 Å². The molecule has 1 unspecified atom stereocenters. The maximum atomic E-state index is 11.8. The minimum Gasteiger partial charge on any atom is -0.308 e. The van der Waals surface area contributed by atoms with Crippen LogP contribution in [0.5, 0.6) is 0 Å². The van der Waals surface area contributed by atoms with Gasteiger partial charge in [0.25, 0.3) is 0 Å². The molecule has 0 saturated carbocycles. The van der Waals surface area contributed by atoms with Crippen LogP contribution < -0.4 is 5.32 Å². The highest BCUT2D eigenvalue weighted by Crippen LogP contribution is 2.13. The van der Waals surface area contributed by atoms with E-state index in [1.54, 1.807) is 0 Å². The number of alkyl halides is 3. The molecule has 1 atom stereocenters. The molecule has 1 N–H and O–H groups in total. The SMILES string of the molecule is CC(CNCC(F)(F)F)CN1CCCC1. The second-order valence-electron chi connectivity index (χ2n) is 4.36. The van der Waals surface area contributed by atoms with Crippen molar-refractivity contribution in [2.24, 2.45) is 5.92 Å². The topological polar surface area (TPSA) is 15.3 Å². The first kappa shape index (κ1) is 12.8. The molecule has 0 aliphatic carbocycles. The van der Waals surface area contributed by atoms with Crippen LogP contribution in [0.25, 0.3) is 0 Å². The lowest BCUT2D eigenvalue weighted by Crippen LogP contribution is -2.35. The fourth-order valence-electron chi connectivity index (χ4n) is 1.93. The first-order valence-corrected chi connectivity index (χ1v) is 5.47. The van der Waals surface area contributed by atoms with Gasteiger partial charge in [0.2, 0.25) is 0 Å². The lowest BCUT2D eigenvalue weighted by atomic mass is 10.1. The van der Waals surface area contributed by atoms with Crippen molar-refractivity contribution < 1.29 is 13.2 Å². The largest absolute Gasteiger partial charge is 0.401 e. The molecule has 0 amide bonds. The van der Waals surface area contributed by atoms with E-state index in [1.165, 1.54) is 12.8 Å². The average molecular weight is 224 g/mol. The van der Waals surface area contributed by atoms with Gasteiger partial charge in [-0.25, -0.2) is 0 Å². The number of nitrogens with zero attached hydrogens (tertiary/aromatic N) is 1. The predicted octanol–water partition coefficient (Wildman–Crippen LogP) is 1.87. The zero-order chi connectivity index (χ0) is 11.3. The summed E-state index contributed by atoms with van der Waals surface area (Å²) in [5, 5.41) is 2.45. The van der Waals surface area contributed by atoms with Crippen molar-refractivity contribution in [2.75, 3.05) is 32.7 Å². The minimum absolute atomic E-state index is 0.283. The standard InChI is InChI=1S/C10H19F3N2/c1-9(6-14-8-10(11,12)13)7-15-4-2-3-5-15/h9,14H,2-8H2,1H3. The molecule has 0 aromatic carbocycles. The summed E-state index contributed by atoms with van der Waals surface area (Å²) in [6, 6.07) is 0. The summed E-state index contributed by atoms with van der Waals surface area (Å²) in [7, 11) is 0. The molecule has 2 nitrogen and oxygen atoms in total. The monoisotopic (exact) mass is 224 g/mol. The molecule has 1 fully saturated rings. The zero-order valence-electron chi connectivity index (χ0n) is 9.11. The molecule has 0 radical (unpaired) electrons. The second kappa shape index (κ2) is 5.70. The molecule has 1 aliphatic heterocycles. The van der Waals surface area contributed by atoms with Gasteiger partial charge in [0, 0.05) is 6.54 Å². The molecule has 1 saturated heterocycles. The lowest BCUT2D eigenvalue weighted by Gasteiger charge is -2.20. The maximum absolute atomic E-state index is 11.8. The molecule has 0 aromatic heterocycles. The van der Waals surface area contributed by atoms with Crippen LogP contribution in [-0.4, -0.2) is 43.8 Å². The molecule has 90 valence electrons. The molecule has 0 spiro atoms. The van der Waals surface area contributed by atoms with Gasteiger partial charge in [0.15, 0.2) is 0 Å². The highest BCUT2D eigenvalue weighted by atomic mass is 19.4. The van der Waals surface area contributed by atoms with E-state index in [4.69, 9.17) is 0 Å². The van der Waals surface area contributed by atoms with Gasteiger partial charge < -0.3 is 10.2 Å². The summed E-state index contributed by atoms with van der Waals surface area (Å²) in [5.74, 6) is 0.283. The van der Waals surface area contributed by atoms with Crippen molar-refractivity contribution in [1.29, 1.82) is 0 Å². The molecule has 5 heteroatoms. The van der Waals surface area contributed by atoms with E-state index in [0.29, 0.717) is 6.54 Å². The van der Waals surface area contributed by atoms with E-state index >= 15 is 0 Å². The van der Waals surface area contributed by atoms with Crippen LogP contribution in [0.2, 0.25) is 0 Å². The summed E-state index contributed by atoms with van der Waals surface area (Å²) in [6.07, 6.45) is -1.64. The molecule has 0 aromatic rings. The van der Waals surface area contributed by atoms with E-state index in [9.17, 15) is 13.2 Å². The molecular weight excluding hydrogens is 205 g/mol. The van der Waals surface area contributed by atoms with Crippen LogP contribution in [0.4, 0.5) is 13.2 Å². The van der Waals surface area contributed by atoms with E-state index in [2.05, 4.69) is 10.2 Å². The Labute approximate surface area is 88.8 Å². The molecule has 1 heterocycles. The van der Waals surface area contributed by atoms with Crippen LogP contribution in [-0.2, 0) is 0 Å². The molecule has 0 bridgehead atoms. The van der Waals surface area contributed by atoms with E-state index < -0.39 is 12.7 Å². The molecule has 15 heavy (non-hydrogen) atoms. The lowest BCUT2D eigenvalue weighted by molar-refractivity contribution is -0.125. The second-order valence-corrected chi connectivity index (χ2v) is 4.36. The van der Waals surface area contributed by atoms with Crippen LogP contribution in [0, 0.1) is 5.92 Å². The number of hydrogen-bond acceptors (Lipinski definition) is 2. The Balaban J connectivity index is 2.05. The van der Waals surface area contributed by atoms with Gasteiger partial charge in [-0.3, -0.25) is 0 Å². The Bertz CT molecular complexity index is 176. The van der Waals surface area contributed by atoms with Crippen molar-refractivity contribution in [3.63, 3.8) is 0 Å². The van der Waals surface area contributed by atoms with Crippen molar-refractivity contribution in [3.05, 3.63) is 0 Å². The van der Waals surface area contributed by atoms with Gasteiger partial charge >= 0.3 is 6.18 Å². The minimum atomic E-state index is -4.09. The number of likely N-dealkylation sites (tertiary alicyclic amines) is 1. The van der Waals surface area contributed by atoms with Gasteiger partial charge in [-0.05, 0) is 38.4 Å². The first-order valence-electron chi connectivity index (χ1n) is 5.47. The average Bonchev–Trinajstić information content (AvgIpc) is 2.54. The summed E-state index contributed by atoms with van der Waals surface area (Å²) >= 11 is 0. The zero-order valence-corrected chi connectivity index (χ0v) is 9.11. The fourth-order valence-corrected chi connectivity index (χ4v) is 1.93. The highest BCUT2D eigenvalue weighted by Gasteiger charge is 2.26. The third kappa shape index (κ3) is 5.99. The van der Waals surface area contributed by atoms with Crippen molar-refractivity contribution in [2.45, 2.75) is 25.9 Å². The van der Waals surface area contributed by atoms with Gasteiger partial charge in [-0.15, -0.1) is 0 Å². The Morgan fingerprint density at radius 3 is 2.40 bits per heavy atom. The number of hydrogen-bond donors (Lipinski definition) is 1. The summed E-state index contributed by atoms with van der Waals surface area (Å²) in [4.78, 5) is 2.32. The number of rotatable bonds is 5. The quantitative estimate of drug-likeness (QED) is 0.767. The highest BCUT2D eigenvalue weighted by molar-refractivity contribution is 4.70. The van der Waals surface area contributed by atoms with Crippen molar-refractivity contribution in [1.82, 2.24) is 10.2 Å². The smallest absolute Gasteiger partial charge is 0.308 e. The van der Waals surface area contributed by atoms with Gasteiger partial charge in [0.05, 0.1) is 6.54 Å². The van der Waals surface area contributed by atoms with Crippen LogP contribution in [0.1, 0.15) is 19.8 Å². The Hall–Kier alpha value is -0.290. The van der Waals surface area contributed by atoms with Crippen molar-refractivity contribution in [3.8, 4) is 0 Å². The Morgan fingerprint density at radius 1 is 1.27 bits per heavy atom. The fraction of sp³-hybridized carbons (Fsp3) is 1.00. The molecule has 1 aliphatic rings. The number of halogens is 3. The number of nitrogens with one attached hydrogen (secondary N) is 1. The summed E-state index contributed by atoms with van der Waals surface area (Å²) in [5.41, 5.74) is 0. The van der Waals surface area contributed by atoms with Crippen LogP contribution in [0.15, 0.2) is 0 Å². The summed E-state index contributed by atoms with van der Waals surface area (Å²) in [6.45, 7) is 4.66. The van der Waals surface area contributed by atoms with E-state index in [0.717, 1.165) is 19.6 Å². The van der Waals surface area contributed by atoms with E-state index in [-0.39, 0.29) is 5.92 Å².